The Labute approximate surface area is 154 Å². The molecule has 1 aliphatic rings. The van der Waals surface area contributed by atoms with Crippen LogP contribution >= 0.6 is 0 Å². The molecule has 27 heavy (non-hydrogen) atoms. The fourth-order valence-electron chi connectivity index (χ4n) is 3.25. The molecule has 4 aromatic rings. The molecule has 0 saturated heterocycles. The van der Waals surface area contributed by atoms with E-state index in [4.69, 9.17) is 4.74 Å². The van der Waals surface area contributed by atoms with Crippen molar-refractivity contribution in [2.45, 2.75) is 0 Å². The van der Waals surface area contributed by atoms with Crippen LogP contribution in [0.1, 0.15) is 26.4 Å². The number of aromatic nitrogens is 2. The van der Waals surface area contributed by atoms with E-state index in [0.29, 0.717) is 33.4 Å². The Bertz CT molecular complexity index is 1230. The molecule has 0 aliphatic heterocycles. The van der Waals surface area contributed by atoms with Crippen LogP contribution in [0.3, 0.4) is 0 Å². The Kier molecular flexibility index (Phi) is 3.33. The van der Waals surface area contributed by atoms with Crippen LogP contribution in [0.2, 0.25) is 0 Å². The van der Waals surface area contributed by atoms with Crippen molar-refractivity contribution < 1.29 is 14.3 Å². The topological polar surface area (TPSA) is 69.2 Å². The number of carbonyl (C=O) groups excluding carboxylic acids is 2. The average molecular weight is 352 g/mol. The van der Waals surface area contributed by atoms with Gasteiger partial charge in [-0.1, -0.05) is 42.5 Å². The maximum atomic E-state index is 13.0. The van der Waals surface area contributed by atoms with Gasteiger partial charge in [-0.25, -0.2) is 14.8 Å². The summed E-state index contributed by atoms with van der Waals surface area (Å²) in [5, 5.41) is 0. The highest BCUT2D eigenvalue weighted by molar-refractivity contribution is 6.22. The number of carbonyl (C=O) groups is 2. The molecule has 1 aliphatic carbocycles. The monoisotopic (exact) mass is 352 g/mol. The van der Waals surface area contributed by atoms with E-state index < -0.39 is 5.97 Å². The van der Waals surface area contributed by atoms with E-state index >= 15 is 0 Å². The van der Waals surface area contributed by atoms with Crippen molar-refractivity contribution in [3.8, 4) is 17.0 Å². The number of rotatable bonds is 2. The Morgan fingerprint density at radius 3 is 2.15 bits per heavy atom. The van der Waals surface area contributed by atoms with E-state index in [2.05, 4.69) is 9.97 Å². The summed E-state index contributed by atoms with van der Waals surface area (Å²) < 4.78 is 5.53. The second kappa shape index (κ2) is 5.85. The van der Waals surface area contributed by atoms with Gasteiger partial charge in [-0.05, 0) is 30.3 Å². The molecule has 0 unspecified atom stereocenters. The predicted molar refractivity (Wildman–Crippen MR) is 99.8 cm³/mol. The molecule has 5 nitrogen and oxygen atoms in total. The minimum Gasteiger partial charge on any atom is -0.422 e. The van der Waals surface area contributed by atoms with Gasteiger partial charge in [0.15, 0.2) is 0 Å². The van der Waals surface area contributed by atoms with Crippen molar-refractivity contribution >= 4 is 22.8 Å². The molecule has 0 radical (unpaired) electrons. The molecule has 0 saturated carbocycles. The molecule has 0 atom stereocenters. The molecule has 0 bridgehead atoms. The number of ketones is 1. The summed E-state index contributed by atoms with van der Waals surface area (Å²) in [7, 11) is 0. The fraction of sp³-hybridized carbons (Fsp3) is 0. The van der Waals surface area contributed by atoms with E-state index in [1.807, 2.05) is 30.3 Å². The summed E-state index contributed by atoms with van der Waals surface area (Å²) in [5.41, 5.74) is 3.54. The van der Waals surface area contributed by atoms with Gasteiger partial charge in [0.05, 0.1) is 22.2 Å². The highest BCUT2D eigenvalue weighted by Crippen LogP contribution is 2.40. The standard InChI is InChI=1S/C22H12N2O3/c25-21-18-14(19-20(21)24-16-11-5-4-10-15(16)23-19)9-6-12-17(18)27-22(26)13-7-2-1-3-8-13/h1-12H. The molecule has 0 amide bonds. The van der Waals surface area contributed by atoms with Crippen molar-refractivity contribution in [3.63, 3.8) is 0 Å². The first-order chi connectivity index (χ1) is 13.2. The van der Waals surface area contributed by atoms with E-state index in [0.717, 1.165) is 0 Å². The van der Waals surface area contributed by atoms with Crippen LogP contribution < -0.4 is 4.74 Å². The summed E-state index contributed by atoms with van der Waals surface area (Å²) >= 11 is 0. The van der Waals surface area contributed by atoms with Crippen molar-refractivity contribution in [1.82, 2.24) is 9.97 Å². The van der Waals surface area contributed by atoms with Gasteiger partial charge in [0.2, 0.25) is 5.78 Å². The minimum atomic E-state index is -0.515. The van der Waals surface area contributed by atoms with Gasteiger partial charge >= 0.3 is 5.97 Å². The number of nitrogens with zero attached hydrogens (tertiary/aromatic N) is 2. The highest BCUT2D eigenvalue weighted by Gasteiger charge is 2.33. The molecule has 0 spiro atoms. The number of benzene rings is 3. The van der Waals surface area contributed by atoms with E-state index in [-0.39, 0.29) is 17.2 Å². The smallest absolute Gasteiger partial charge is 0.343 e. The molecule has 0 fully saturated rings. The van der Waals surface area contributed by atoms with Gasteiger partial charge in [0.25, 0.3) is 0 Å². The van der Waals surface area contributed by atoms with Gasteiger partial charge in [-0.3, -0.25) is 4.79 Å². The second-order valence-electron chi connectivity index (χ2n) is 6.17. The van der Waals surface area contributed by atoms with Gasteiger partial charge in [0, 0.05) is 5.56 Å². The van der Waals surface area contributed by atoms with Crippen LogP contribution in [0.15, 0.2) is 72.8 Å². The molecule has 5 rings (SSSR count). The first kappa shape index (κ1) is 15.4. The Balaban J connectivity index is 1.62. The lowest BCUT2D eigenvalue weighted by atomic mass is 10.1. The maximum absolute atomic E-state index is 13.0. The Hall–Kier alpha value is -3.86. The summed E-state index contributed by atoms with van der Waals surface area (Å²) in [6, 6.07) is 21.2. The maximum Gasteiger partial charge on any atom is 0.343 e. The van der Waals surface area contributed by atoms with E-state index in [9.17, 15) is 9.59 Å². The van der Waals surface area contributed by atoms with Crippen LogP contribution in [0.4, 0.5) is 0 Å². The summed E-state index contributed by atoms with van der Waals surface area (Å²) in [5.74, 6) is -0.580. The molecule has 5 heteroatoms. The van der Waals surface area contributed by atoms with Crippen LogP contribution in [-0.2, 0) is 0 Å². The third kappa shape index (κ3) is 2.40. The number of para-hydroxylation sites is 2. The lowest BCUT2D eigenvalue weighted by Gasteiger charge is -2.08. The molecule has 3 aromatic carbocycles. The van der Waals surface area contributed by atoms with Gasteiger partial charge in [-0.2, -0.15) is 0 Å². The first-order valence-corrected chi connectivity index (χ1v) is 8.44. The van der Waals surface area contributed by atoms with Gasteiger partial charge in [-0.15, -0.1) is 0 Å². The van der Waals surface area contributed by atoms with Crippen molar-refractivity contribution in [3.05, 3.63) is 89.6 Å². The number of hydrogen-bond donors (Lipinski definition) is 0. The number of fused-ring (bicyclic) bond motifs is 4. The quantitative estimate of drug-likeness (QED) is 0.354. The molecular formula is C22H12N2O3. The zero-order valence-electron chi connectivity index (χ0n) is 14.0. The van der Waals surface area contributed by atoms with Gasteiger partial charge < -0.3 is 4.74 Å². The first-order valence-electron chi connectivity index (χ1n) is 8.44. The number of ether oxygens (including phenoxy) is 1. The third-order valence-corrected chi connectivity index (χ3v) is 4.51. The largest absolute Gasteiger partial charge is 0.422 e. The molecule has 0 N–H and O–H groups in total. The van der Waals surface area contributed by atoms with E-state index in [1.54, 1.807) is 42.5 Å². The average Bonchev–Trinajstić information content (AvgIpc) is 2.99. The molecule has 1 heterocycles. The molecule has 128 valence electrons. The fourth-order valence-corrected chi connectivity index (χ4v) is 3.25. The molecular weight excluding hydrogens is 340 g/mol. The van der Waals surface area contributed by atoms with Crippen molar-refractivity contribution in [2.75, 3.05) is 0 Å². The van der Waals surface area contributed by atoms with Crippen LogP contribution in [0.25, 0.3) is 22.3 Å². The Morgan fingerprint density at radius 2 is 1.41 bits per heavy atom. The minimum absolute atomic E-state index is 0.218. The normalized spacial score (nSPS) is 11.9. The second-order valence-corrected chi connectivity index (χ2v) is 6.17. The third-order valence-electron chi connectivity index (χ3n) is 4.51. The Morgan fingerprint density at radius 1 is 0.741 bits per heavy atom. The zero-order valence-corrected chi connectivity index (χ0v) is 14.0. The van der Waals surface area contributed by atoms with Gasteiger partial charge in [0.1, 0.15) is 17.1 Å². The SMILES string of the molecule is O=C(Oc1cccc2c1C(=O)c1nc3ccccc3nc1-2)c1ccccc1. The lowest BCUT2D eigenvalue weighted by molar-refractivity contribution is 0.0733. The summed E-state index contributed by atoms with van der Waals surface area (Å²) in [6.45, 7) is 0. The predicted octanol–water partition coefficient (Wildman–Crippen LogP) is 4.06. The number of esters is 1. The zero-order chi connectivity index (χ0) is 18.4. The van der Waals surface area contributed by atoms with Crippen LogP contribution in [-0.4, -0.2) is 21.7 Å². The van der Waals surface area contributed by atoms with Crippen LogP contribution in [0.5, 0.6) is 5.75 Å². The van der Waals surface area contributed by atoms with Crippen molar-refractivity contribution in [1.29, 1.82) is 0 Å². The lowest BCUT2D eigenvalue weighted by Crippen LogP contribution is -2.11. The molecule has 1 aromatic heterocycles. The summed E-state index contributed by atoms with van der Waals surface area (Å²) in [4.78, 5) is 34.5. The van der Waals surface area contributed by atoms with Crippen LogP contribution in [0, 0.1) is 0 Å². The highest BCUT2D eigenvalue weighted by atomic mass is 16.5. The van der Waals surface area contributed by atoms with Crippen molar-refractivity contribution in [2.24, 2.45) is 0 Å². The van der Waals surface area contributed by atoms with E-state index in [1.165, 1.54) is 0 Å². The number of hydrogen-bond acceptors (Lipinski definition) is 5. The summed E-state index contributed by atoms with van der Waals surface area (Å²) in [6.07, 6.45) is 0.